The number of nitrogens with one attached hydrogen (secondary N) is 1. The Labute approximate surface area is 129 Å². The highest BCUT2D eigenvalue weighted by atomic mass is 16.5. The molecule has 3 rings (SSSR count). The molecular formula is C19H29NO. The highest BCUT2D eigenvalue weighted by Crippen LogP contribution is 2.40. The van der Waals surface area contributed by atoms with Crippen LogP contribution in [0.4, 0.5) is 0 Å². The van der Waals surface area contributed by atoms with E-state index in [0.717, 1.165) is 25.0 Å². The Balaban J connectivity index is 1.68. The van der Waals surface area contributed by atoms with Gasteiger partial charge in [-0.05, 0) is 69.4 Å². The third-order valence-corrected chi connectivity index (χ3v) is 5.31. The quantitative estimate of drug-likeness (QED) is 0.893. The molecule has 1 fully saturated rings. The summed E-state index contributed by atoms with van der Waals surface area (Å²) in [6.07, 6.45) is 5.26. The third kappa shape index (κ3) is 3.32. The van der Waals surface area contributed by atoms with Gasteiger partial charge in [0.25, 0.3) is 0 Å². The van der Waals surface area contributed by atoms with Crippen LogP contribution in [0.25, 0.3) is 0 Å². The van der Waals surface area contributed by atoms with Crippen LogP contribution in [-0.2, 0) is 17.6 Å². The van der Waals surface area contributed by atoms with E-state index in [0.29, 0.717) is 6.04 Å². The molecule has 1 aromatic rings. The number of ether oxygens (including phenoxy) is 1. The fraction of sp³-hybridized carbons (Fsp3) is 0.684. The molecule has 0 aromatic heterocycles. The van der Waals surface area contributed by atoms with Crippen molar-refractivity contribution in [1.29, 1.82) is 0 Å². The summed E-state index contributed by atoms with van der Waals surface area (Å²) in [6, 6.07) is 9.71. The Morgan fingerprint density at radius 1 is 1.10 bits per heavy atom. The summed E-state index contributed by atoms with van der Waals surface area (Å²) in [5, 5.41) is 3.86. The van der Waals surface area contributed by atoms with Crippen molar-refractivity contribution in [2.24, 2.45) is 11.8 Å². The van der Waals surface area contributed by atoms with Crippen molar-refractivity contribution in [3.63, 3.8) is 0 Å². The molecular weight excluding hydrogens is 258 g/mol. The van der Waals surface area contributed by atoms with E-state index in [4.69, 9.17) is 4.74 Å². The van der Waals surface area contributed by atoms with Crippen molar-refractivity contribution in [3.8, 4) is 0 Å². The average Bonchev–Trinajstić information content (AvgIpc) is 2.71. The molecule has 2 aliphatic carbocycles. The van der Waals surface area contributed by atoms with Crippen molar-refractivity contribution < 1.29 is 4.74 Å². The highest BCUT2D eigenvalue weighted by Gasteiger charge is 2.39. The predicted octanol–water partition coefficient (Wildman–Crippen LogP) is 3.58. The van der Waals surface area contributed by atoms with Crippen LogP contribution in [0.1, 0.15) is 44.7 Å². The molecule has 116 valence electrons. The Morgan fingerprint density at radius 2 is 1.67 bits per heavy atom. The van der Waals surface area contributed by atoms with Gasteiger partial charge in [-0.25, -0.2) is 0 Å². The lowest BCUT2D eigenvalue weighted by Gasteiger charge is -2.30. The minimum absolute atomic E-state index is 0.0622. The summed E-state index contributed by atoms with van der Waals surface area (Å²) in [5.41, 5.74) is 3.11. The SMILES string of the molecule is CCOC(C)(C)CNC1C2CCC1Cc1ccccc1C2. The molecule has 2 aliphatic rings. The van der Waals surface area contributed by atoms with Crippen LogP contribution >= 0.6 is 0 Å². The van der Waals surface area contributed by atoms with Gasteiger partial charge in [0.1, 0.15) is 0 Å². The number of hydrogen-bond donors (Lipinski definition) is 1. The number of hydrogen-bond acceptors (Lipinski definition) is 2. The van der Waals surface area contributed by atoms with Gasteiger partial charge in [0, 0.05) is 19.2 Å². The number of benzene rings is 1. The maximum Gasteiger partial charge on any atom is 0.0750 e. The van der Waals surface area contributed by atoms with E-state index in [1.807, 2.05) is 0 Å². The molecule has 2 unspecified atom stereocenters. The van der Waals surface area contributed by atoms with Crippen molar-refractivity contribution in [2.75, 3.05) is 13.2 Å². The van der Waals surface area contributed by atoms with E-state index in [1.165, 1.54) is 25.7 Å². The lowest BCUT2D eigenvalue weighted by atomic mass is 9.94. The summed E-state index contributed by atoms with van der Waals surface area (Å²) in [6.45, 7) is 8.20. The highest BCUT2D eigenvalue weighted by molar-refractivity contribution is 5.30. The van der Waals surface area contributed by atoms with E-state index in [1.54, 1.807) is 11.1 Å². The van der Waals surface area contributed by atoms with Gasteiger partial charge < -0.3 is 10.1 Å². The Morgan fingerprint density at radius 3 is 2.19 bits per heavy atom. The van der Waals surface area contributed by atoms with Gasteiger partial charge in [0.05, 0.1) is 5.60 Å². The maximum atomic E-state index is 5.84. The predicted molar refractivity (Wildman–Crippen MR) is 87.6 cm³/mol. The van der Waals surface area contributed by atoms with Gasteiger partial charge in [-0.2, -0.15) is 0 Å². The molecule has 0 spiro atoms. The second kappa shape index (κ2) is 6.10. The summed E-state index contributed by atoms with van der Waals surface area (Å²) in [4.78, 5) is 0. The van der Waals surface area contributed by atoms with Gasteiger partial charge in [-0.15, -0.1) is 0 Å². The van der Waals surface area contributed by atoms with Crippen LogP contribution < -0.4 is 5.32 Å². The first-order valence-electron chi connectivity index (χ1n) is 8.53. The monoisotopic (exact) mass is 287 g/mol. The van der Waals surface area contributed by atoms with E-state index in [9.17, 15) is 0 Å². The fourth-order valence-corrected chi connectivity index (χ4v) is 4.29. The summed E-state index contributed by atoms with van der Waals surface area (Å²) in [7, 11) is 0. The van der Waals surface area contributed by atoms with Crippen LogP contribution in [-0.4, -0.2) is 24.8 Å². The molecule has 0 aliphatic heterocycles. The van der Waals surface area contributed by atoms with E-state index in [-0.39, 0.29) is 5.60 Å². The minimum Gasteiger partial charge on any atom is -0.375 e. The summed E-state index contributed by atoms with van der Waals surface area (Å²) >= 11 is 0. The number of fused-ring (bicyclic) bond motifs is 3. The lowest BCUT2D eigenvalue weighted by Crippen LogP contribution is -2.46. The molecule has 0 amide bonds. The van der Waals surface area contributed by atoms with Crippen LogP contribution in [0.3, 0.4) is 0 Å². The van der Waals surface area contributed by atoms with E-state index in [2.05, 4.69) is 50.4 Å². The second-order valence-electron chi connectivity index (χ2n) is 7.37. The normalized spacial score (nSPS) is 28.2. The van der Waals surface area contributed by atoms with Crippen molar-refractivity contribution in [3.05, 3.63) is 35.4 Å². The zero-order valence-corrected chi connectivity index (χ0v) is 13.7. The Kier molecular flexibility index (Phi) is 4.37. The first kappa shape index (κ1) is 15.1. The van der Waals surface area contributed by atoms with Crippen molar-refractivity contribution >= 4 is 0 Å². The molecule has 2 bridgehead atoms. The van der Waals surface area contributed by atoms with Crippen molar-refractivity contribution in [2.45, 2.75) is 58.1 Å². The zero-order valence-electron chi connectivity index (χ0n) is 13.7. The maximum absolute atomic E-state index is 5.84. The molecule has 1 aromatic carbocycles. The molecule has 0 radical (unpaired) electrons. The van der Waals surface area contributed by atoms with Gasteiger partial charge in [0.15, 0.2) is 0 Å². The summed E-state index contributed by atoms with van der Waals surface area (Å²) in [5.74, 6) is 1.60. The van der Waals surface area contributed by atoms with Crippen LogP contribution in [0.5, 0.6) is 0 Å². The molecule has 2 nitrogen and oxygen atoms in total. The minimum atomic E-state index is -0.0622. The van der Waals surface area contributed by atoms with E-state index < -0.39 is 0 Å². The van der Waals surface area contributed by atoms with Crippen LogP contribution in [0.2, 0.25) is 0 Å². The van der Waals surface area contributed by atoms with Crippen LogP contribution in [0, 0.1) is 11.8 Å². The Bertz CT molecular complexity index is 449. The molecule has 0 saturated heterocycles. The zero-order chi connectivity index (χ0) is 14.9. The van der Waals surface area contributed by atoms with Crippen LogP contribution in [0.15, 0.2) is 24.3 Å². The molecule has 1 N–H and O–H groups in total. The fourth-order valence-electron chi connectivity index (χ4n) is 4.29. The molecule has 1 saturated carbocycles. The third-order valence-electron chi connectivity index (χ3n) is 5.31. The largest absolute Gasteiger partial charge is 0.375 e. The van der Waals surface area contributed by atoms with E-state index >= 15 is 0 Å². The topological polar surface area (TPSA) is 21.3 Å². The van der Waals surface area contributed by atoms with Crippen molar-refractivity contribution in [1.82, 2.24) is 5.32 Å². The lowest BCUT2D eigenvalue weighted by molar-refractivity contribution is -0.0122. The smallest absolute Gasteiger partial charge is 0.0750 e. The standard InChI is InChI=1S/C19H29NO/c1-4-21-19(2,3)13-20-18-16-9-10-17(18)12-15-8-6-5-7-14(15)11-16/h5-8,16-18,20H,4,9-13H2,1-3H3. The first-order chi connectivity index (χ1) is 10.1. The van der Waals surface area contributed by atoms with Gasteiger partial charge >= 0.3 is 0 Å². The Hall–Kier alpha value is -0.860. The average molecular weight is 287 g/mol. The van der Waals surface area contributed by atoms with Gasteiger partial charge in [0.2, 0.25) is 0 Å². The molecule has 2 atom stereocenters. The number of rotatable bonds is 5. The first-order valence-corrected chi connectivity index (χ1v) is 8.53. The summed E-state index contributed by atoms with van der Waals surface area (Å²) < 4.78 is 5.84. The van der Waals surface area contributed by atoms with Gasteiger partial charge in [-0.3, -0.25) is 0 Å². The molecule has 2 heteroatoms. The van der Waals surface area contributed by atoms with Gasteiger partial charge in [-0.1, -0.05) is 24.3 Å². The second-order valence-corrected chi connectivity index (χ2v) is 7.37. The molecule has 0 heterocycles. The molecule has 21 heavy (non-hydrogen) atoms.